The molecule has 144 valence electrons. The fourth-order valence-corrected chi connectivity index (χ4v) is 2.84. The fraction of sp³-hybridized carbons (Fsp3) is 0.0909. The first-order chi connectivity index (χ1) is 13.4. The van der Waals surface area contributed by atoms with Crippen molar-refractivity contribution in [3.63, 3.8) is 0 Å². The fourth-order valence-electron chi connectivity index (χ4n) is 2.84. The molecule has 0 spiro atoms. The number of allylic oxidation sites excluding steroid dienone is 1. The Balaban J connectivity index is 2.03. The molecule has 6 heteroatoms. The van der Waals surface area contributed by atoms with Gasteiger partial charge in [0.15, 0.2) is 0 Å². The maximum absolute atomic E-state index is 14.5. The summed E-state index contributed by atoms with van der Waals surface area (Å²) in [4.78, 5) is 0. The summed E-state index contributed by atoms with van der Waals surface area (Å²) in [6.07, 6.45) is 1.85. The Labute approximate surface area is 158 Å². The van der Waals surface area contributed by atoms with E-state index in [2.05, 4.69) is 0 Å². The molecule has 0 N–H and O–H groups in total. The largest absolute Gasteiger partial charge is 0.489 e. The van der Waals surface area contributed by atoms with Crippen molar-refractivity contribution in [1.82, 2.24) is 0 Å². The predicted octanol–water partition coefficient (Wildman–Crippen LogP) is 7.12. The van der Waals surface area contributed by atoms with Crippen LogP contribution in [0.25, 0.3) is 28.0 Å². The first kappa shape index (κ1) is 19.6. The Bertz CT molecular complexity index is 1060. The topological polar surface area (TPSA) is 9.23 Å². The second kappa shape index (κ2) is 8.25. The first-order valence-electron chi connectivity index (χ1n) is 8.39. The molecule has 1 nitrogen and oxygen atoms in total. The van der Waals surface area contributed by atoms with E-state index >= 15 is 0 Å². The van der Waals surface area contributed by atoms with Gasteiger partial charge in [-0.1, -0.05) is 36.4 Å². The third kappa shape index (κ3) is 4.06. The highest BCUT2D eigenvalue weighted by Gasteiger charge is 2.16. The third-order valence-corrected chi connectivity index (χ3v) is 4.13. The maximum atomic E-state index is 14.5. The molecule has 0 unspecified atom stereocenters. The Kier molecular flexibility index (Phi) is 5.78. The van der Waals surface area contributed by atoms with Gasteiger partial charge in [-0.25, -0.2) is 13.2 Å². The molecule has 3 aromatic rings. The zero-order valence-corrected chi connectivity index (χ0v) is 14.8. The van der Waals surface area contributed by atoms with Gasteiger partial charge in [0.1, 0.15) is 29.8 Å². The molecule has 0 aliphatic rings. The molecule has 0 saturated heterocycles. The minimum absolute atomic E-state index is 0.0494. The van der Waals surface area contributed by atoms with Crippen molar-refractivity contribution in [2.24, 2.45) is 0 Å². The number of fused-ring (bicyclic) bond motifs is 1. The van der Waals surface area contributed by atoms with Crippen molar-refractivity contribution >= 4 is 16.8 Å². The number of halogens is 5. The summed E-state index contributed by atoms with van der Waals surface area (Å²) in [7, 11) is 0. The number of benzene rings is 3. The summed E-state index contributed by atoms with van der Waals surface area (Å²) in [6, 6.07) is 8.80. The Morgan fingerprint density at radius 3 is 2.32 bits per heavy atom. The van der Waals surface area contributed by atoms with E-state index in [-0.39, 0.29) is 34.4 Å². The average molecular weight is 390 g/mol. The molecule has 3 aromatic carbocycles. The summed E-state index contributed by atoms with van der Waals surface area (Å²) in [5, 5.41) is 0.407. The van der Waals surface area contributed by atoms with E-state index in [1.807, 2.05) is 0 Å². The van der Waals surface area contributed by atoms with Crippen LogP contribution in [0.4, 0.5) is 22.0 Å². The van der Waals surface area contributed by atoms with Crippen LogP contribution in [0.5, 0.6) is 5.75 Å². The van der Waals surface area contributed by atoms with E-state index in [0.717, 1.165) is 12.1 Å². The van der Waals surface area contributed by atoms with E-state index in [1.54, 1.807) is 19.1 Å². The SMILES string of the molecule is CC=CCOc1cc(F)c(-c2ccc3c(F)c(C=C(F)F)ccc3c2)c(F)c1. The average Bonchev–Trinajstić information content (AvgIpc) is 2.63. The lowest BCUT2D eigenvalue weighted by molar-refractivity contribution is 0.358. The second-order valence-corrected chi connectivity index (χ2v) is 5.98. The van der Waals surface area contributed by atoms with Crippen LogP contribution in [0, 0.1) is 17.5 Å². The van der Waals surface area contributed by atoms with Crippen molar-refractivity contribution in [1.29, 1.82) is 0 Å². The van der Waals surface area contributed by atoms with E-state index in [4.69, 9.17) is 4.74 Å². The standard InChI is InChI=1S/C22H15F5O/c1-2-3-8-28-16-11-18(23)21(19(24)12-16)14-6-7-17-13(9-14)4-5-15(22(17)27)10-20(25)26/h2-7,9-12H,8H2,1H3. The van der Waals surface area contributed by atoms with Crippen LogP contribution in [0.15, 0.2) is 60.7 Å². The zero-order valence-electron chi connectivity index (χ0n) is 14.8. The second-order valence-electron chi connectivity index (χ2n) is 5.98. The normalized spacial score (nSPS) is 11.2. The van der Waals surface area contributed by atoms with Crippen LogP contribution in [0.3, 0.4) is 0 Å². The number of ether oxygens (including phenoxy) is 1. The molecule has 0 saturated carbocycles. The van der Waals surface area contributed by atoms with Crippen LogP contribution in [-0.2, 0) is 0 Å². The Morgan fingerprint density at radius 1 is 0.964 bits per heavy atom. The third-order valence-electron chi connectivity index (χ3n) is 4.13. The van der Waals surface area contributed by atoms with E-state index in [1.165, 1.54) is 30.3 Å². The van der Waals surface area contributed by atoms with E-state index in [0.29, 0.717) is 11.5 Å². The summed E-state index contributed by atoms with van der Waals surface area (Å²) in [5.41, 5.74) is -0.346. The molecule has 0 bridgehead atoms. The van der Waals surface area contributed by atoms with E-state index in [9.17, 15) is 22.0 Å². The highest BCUT2D eigenvalue weighted by Crippen LogP contribution is 2.33. The molecular weight excluding hydrogens is 375 g/mol. The van der Waals surface area contributed by atoms with Gasteiger partial charge < -0.3 is 4.74 Å². The highest BCUT2D eigenvalue weighted by atomic mass is 19.3. The van der Waals surface area contributed by atoms with Gasteiger partial charge >= 0.3 is 0 Å². The minimum Gasteiger partial charge on any atom is -0.489 e. The highest BCUT2D eigenvalue weighted by molar-refractivity contribution is 5.89. The molecule has 28 heavy (non-hydrogen) atoms. The summed E-state index contributed by atoms with van der Waals surface area (Å²) in [5.74, 6) is -2.43. The number of rotatable bonds is 5. The number of hydrogen-bond donors (Lipinski definition) is 0. The summed E-state index contributed by atoms with van der Waals surface area (Å²) >= 11 is 0. The molecule has 0 fully saturated rings. The van der Waals surface area contributed by atoms with Gasteiger partial charge in [-0.05, 0) is 23.9 Å². The summed E-state index contributed by atoms with van der Waals surface area (Å²) < 4.78 is 73.4. The van der Waals surface area contributed by atoms with Crippen molar-refractivity contribution in [3.05, 3.63) is 83.7 Å². The lowest BCUT2D eigenvalue weighted by Crippen LogP contribution is -1.97. The molecule has 3 rings (SSSR count). The van der Waals surface area contributed by atoms with Gasteiger partial charge in [0, 0.05) is 29.2 Å². The van der Waals surface area contributed by atoms with Crippen molar-refractivity contribution < 1.29 is 26.7 Å². The Morgan fingerprint density at radius 2 is 1.68 bits per heavy atom. The lowest BCUT2D eigenvalue weighted by Gasteiger charge is -2.11. The first-order valence-corrected chi connectivity index (χ1v) is 8.39. The van der Waals surface area contributed by atoms with Gasteiger partial charge in [-0.2, -0.15) is 8.78 Å². The summed E-state index contributed by atoms with van der Waals surface area (Å²) in [6.45, 7) is 1.98. The number of hydrogen-bond acceptors (Lipinski definition) is 1. The van der Waals surface area contributed by atoms with Gasteiger partial charge in [-0.15, -0.1) is 0 Å². The Hall–Kier alpha value is -3.15. The van der Waals surface area contributed by atoms with Gasteiger partial charge in [0.05, 0.1) is 5.56 Å². The van der Waals surface area contributed by atoms with Crippen LogP contribution in [-0.4, -0.2) is 6.61 Å². The van der Waals surface area contributed by atoms with Crippen molar-refractivity contribution in [3.8, 4) is 16.9 Å². The maximum Gasteiger partial charge on any atom is 0.271 e. The van der Waals surface area contributed by atoms with Crippen LogP contribution >= 0.6 is 0 Å². The smallest absolute Gasteiger partial charge is 0.271 e. The van der Waals surface area contributed by atoms with Gasteiger partial charge in [0.25, 0.3) is 6.08 Å². The molecule has 0 aliphatic carbocycles. The molecule has 0 aliphatic heterocycles. The zero-order chi connectivity index (χ0) is 20.3. The van der Waals surface area contributed by atoms with Crippen LogP contribution in [0.1, 0.15) is 12.5 Å². The molecule has 0 aromatic heterocycles. The van der Waals surface area contributed by atoms with Gasteiger partial charge in [-0.3, -0.25) is 0 Å². The molecule has 0 radical (unpaired) electrons. The van der Waals surface area contributed by atoms with Crippen LogP contribution < -0.4 is 4.74 Å². The van der Waals surface area contributed by atoms with Gasteiger partial charge in [0.2, 0.25) is 0 Å². The monoisotopic (exact) mass is 390 g/mol. The van der Waals surface area contributed by atoms with Crippen molar-refractivity contribution in [2.45, 2.75) is 6.92 Å². The molecule has 0 atom stereocenters. The quantitative estimate of drug-likeness (QED) is 0.333. The van der Waals surface area contributed by atoms with Crippen LogP contribution in [0.2, 0.25) is 0 Å². The lowest BCUT2D eigenvalue weighted by atomic mass is 9.98. The predicted molar refractivity (Wildman–Crippen MR) is 99.8 cm³/mol. The molecular formula is C22H15F5O. The molecule has 0 heterocycles. The van der Waals surface area contributed by atoms with Crippen molar-refractivity contribution in [2.75, 3.05) is 6.61 Å². The minimum atomic E-state index is -2.02. The molecule has 0 amide bonds. The van der Waals surface area contributed by atoms with E-state index < -0.39 is 23.5 Å².